The zero-order valence-electron chi connectivity index (χ0n) is 7.18. The van der Waals surface area contributed by atoms with Gasteiger partial charge in [0.2, 0.25) is 0 Å². The van der Waals surface area contributed by atoms with Crippen molar-refractivity contribution in [3.8, 4) is 0 Å². The molecule has 0 aromatic carbocycles. The molecule has 1 rings (SSSR count). The lowest BCUT2D eigenvalue weighted by molar-refractivity contribution is 0.107. The largest absolute Gasteiger partial charge is 0.453 e. The van der Waals surface area contributed by atoms with Crippen LogP contribution < -0.4 is 0 Å². The van der Waals surface area contributed by atoms with Gasteiger partial charge in [0.05, 0.1) is 12.7 Å². The highest BCUT2D eigenvalue weighted by molar-refractivity contribution is 6.43. The molecule has 0 bridgehead atoms. The smallest absolute Gasteiger partial charge is 0.409 e. The van der Waals surface area contributed by atoms with E-state index < -0.39 is 0 Å². The fourth-order valence-corrected chi connectivity index (χ4v) is 0.987. The van der Waals surface area contributed by atoms with E-state index in [1.165, 1.54) is 0 Å². The van der Waals surface area contributed by atoms with E-state index >= 15 is 0 Å². The molecule has 1 aliphatic heterocycles. The molecular formula is C7H15BO2. The Bertz CT molecular complexity index is 119. The summed E-state index contributed by atoms with van der Waals surface area (Å²) >= 11 is 0. The minimum atomic E-state index is -0.00998. The highest BCUT2D eigenvalue weighted by Crippen LogP contribution is 2.26. The van der Waals surface area contributed by atoms with Gasteiger partial charge in [-0.1, -0.05) is 20.8 Å². The van der Waals surface area contributed by atoms with Crippen LogP contribution in [0.1, 0.15) is 20.8 Å². The maximum Gasteiger partial charge on any atom is 0.453 e. The van der Waals surface area contributed by atoms with Crippen LogP contribution in [0.4, 0.5) is 0 Å². The van der Waals surface area contributed by atoms with Crippen LogP contribution >= 0.6 is 0 Å². The first-order valence-corrected chi connectivity index (χ1v) is 3.77. The fraction of sp³-hybridized carbons (Fsp3) is 1.00. The fourth-order valence-electron chi connectivity index (χ4n) is 0.987. The maximum absolute atomic E-state index is 5.50. The second-order valence-corrected chi connectivity index (χ2v) is 3.89. The molecule has 1 atom stereocenters. The molecular weight excluding hydrogens is 127 g/mol. The summed E-state index contributed by atoms with van der Waals surface area (Å²) in [4.78, 5) is 0. The Morgan fingerprint density at radius 2 is 2.00 bits per heavy atom. The van der Waals surface area contributed by atoms with Gasteiger partial charge in [-0.2, -0.15) is 0 Å². The molecule has 0 amide bonds. The van der Waals surface area contributed by atoms with Crippen molar-refractivity contribution in [1.82, 2.24) is 0 Å². The predicted octanol–water partition coefficient (Wildman–Crippen LogP) is 1.57. The van der Waals surface area contributed by atoms with E-state index in [1.807, 2.05) is 6.82 Å². The predicted molar refractivity (Wildman–Crippen MR) is 41.9 cm³/mol. The molecule has 1 aliphatic rings. The summed E-state index contributed by atoms with van der Waals surface area (Å²) in [5.41, 5.74) is 0.213. The number of hydrogen-bond acceptors (Lipinski definition) is 2. The van der Waals surface area contributed by atoms with E-state index in [0.29, 0.717) is 0 Å². The van der Waals surface area contributed by atoms with Gasteiger partial charge in [0.1, 0.15) is 0 Å². The van der Waals surface area contributed by atoms with Crippen molar-refractivity contribution in [3.63, 3.8) is 0 Å². The van der Waals surface area contributed by atoms with Crippen LogP contribution in [0.3, 0.4) is 0 Å². The Hall–Kier alpha value is -0.0151. The van der Waals surface area contributed by atoms with E-state index in [0.717, 1.165) is 6.61 Å². The topological polar surface area (TPSA) is 18.5 Å². The van der Waals surface area contributed by atoms with Crippen LogP contribution in [0.25, 0.3) is 0 Å². The van der Waals surface area contributed by atoms with Crippen molar-refractivity contribution in [1.29, 1.82) is 0 Å². The Balaban J connectivity index is 2.45. The van der Waals surface area contributed by atoms with Crippen LogP contribution in [-0.4, -0.2) is 19.8 Å². The molecule has 0 aromatic rings. The molecule has 0 aromatic heterocycles. The van der Waals surface area contributed by atoms with Gasteiger partial charge >= 0.3 is 7.12 Å². The van der Waals surface area contributed by atoms with Gasteiger partial charge in [-0.05, 0) is 12.2 Å². The van der Waals surface area contributed by atoms with Crippen molar-refractivity contribution in [2.75, 3.05) is 6.61 Å². The zero-order valence-corrected chi connectivity index (χ0v) is 7.18. The summed E-state index contributed by atoms with van der Waals surface area (Å²) in [6.07, 6.45) is 0.266. The van der Waals surface area contributed by atoms with Crippen molar-refractivity contribution >= 4 is 7.12 Å². The summed E-state index contributed by atoms with van der Waals surface area (Å²) in [5.74, 6) is 0. The molecule has 0 aliphatic carbocycles. The van der Waals surface area contributed by atoms with Gasteiger partial charge in [0.15, 0.2) is 0 Å². The minimum absolute atomic E-state index is 0.00998. The SMILES string of the molecule is CB1OCC(C(C)(C)C)O1. The first-order chi connectivity index (χ1) is 4.50. The highest BCUT2D eigenvalue weighted by Gasteiger charge is 2.34. The van der Waals surface area contributed by atoms with E-state index in [1.54, 1.807) is 0 Å². The van der Waals surface area contributed by atoms with Crippen molar-refractivity contribution < 1.29 is 9.31 Å². The first kappa shape index (κ1) is 8.09. The lowest BCUT2D eigenvalue weighted by Crippen LogP contribution is -2.28. The lowest BCUT2D eigenvalue weighted by Gasteiger charge is -2.25. The standard InChI is InChI=1S/C7H15BO2/c1-7(2,3)6-5-9-8(4)10-6/h6H,5H2,1-4H3. The van der Waals surface area contributed by atoms with Crippen LogP contribution in [0.2, 0.25) is 6.82 Å². The van der Waals surface area contributed by atoms with Crippen LogP contribution in [0, 0.1) is 5.41 Å². The molecule has 1 unspecified atom stereocenters. The van der Waals surface area contributed by atoms with Gasteiger partial charge in [0, 0.05) is 0 Å². The number of rotatable bonds is 0. The maximum atomic E-state index is 5.50. The van der Waals surface area contributed by atoms with E-state index in [2.05, 4.69) is 20.8 Å². The monoisotopic (exact) mass is 142 g/mol. The van der Waals surface area contributed by atoms with Crippen molar-refractivity contribution in [3.05, 3.63) is 0 Å². The summed E-state index contributed by atoms with van der Waals surface area (Å²) in [6, 6.07) is 0. The summed E-state index contributed by atoms with van der Waals surface area (Å²) in [5, 5.41) is 0. The highest BCUT2D eigenvalue weighted by atomic mass is 16.6. The first-order valence-electron chi connectivity index (χ1n) is 3.77. The molecule has 10 heavy (non-hydrogen) atoms. The molecule has 1 fully saturated rings. The van der Waals surface area contributed by atoms with Gasteiger partial charge in [-0.25, -0.2) is 0 Å². The third kappa shape index (κ3) is 1.73. The van der Waals surface area contributed by atoms with Crippen LogP contribution in [-0.2, 0) is 9.31 Å². The Morgan fingerprint density at radius 3 is 2.20 bits per heavy atom. The minimum Gasteiger partial charge on any atom is -0.409 e. The molecule has 58 valence electrons. The van der Waals surface area contributed by atoms with E-state index in [4.69, 9.17) is 9.31 Å². The molecule has 0 N–H and O–H groups in total. The third-order valence-corrected chi connectivity index (χ3v) is 1.80. The van der Waals surface area contributed by atoms with Crippen LogP contribution in [0.15, 0.2) is 0 Å². The third-order valence-electron chi connectivity index (χ3n) is 1.80. The zero-order chi connectivity index (χ0) is 7.78. The summed E-state index contributed by atoms with van der Waals surface area (Å²) in [6.45, 7) is 9.17. The van der Waals surface area contributed by atoms with Crippen molar-refractivity contribution in [2.45, 2.75) is 33.7 Å². The second kappa shape index (κ2) is 2.55. The summed E-state index contributed by atoms with van der Waals surface area (Å²) in [7, 11) is -0.00998. The van der Waals surface area contributed by atoms with Gasteiger partial charge in [0.25, 0.3) is 0 Å². The average Bonchev–Trinajstić information content (AvgIpc) is 2.11. The molecule has 2 nitrogen and oxygen atoms in total. The molecule has 0 saturated carbocycles. The van der Waals surface area contributed by atoms with Crippen molar-refractivity contribution in [2.24, 2.45) is 5.41 Å². The Morgan fingerprint density at radius 1 is 1.40 bits per heavy atom. The summed E-state index contributed by atoms with van der Waals surface area (Å²) < 4.78 is 10.8. The molecule has 0 radical (unpaired) electrons. The normalized spacial score (nSPS) is 27.6. The lowest BCUT2D eigenvalue weighted by atomic mass is 9.89. The average molecular weight is 142 g/mol. The second-order valence-electron chi connectivity index (χ2n) is 3.89. The molecule has 1 heterocycles. The van der Waals surface area contributed by atoms with E-state index in [9.17, 15) is 0 Å². The Labute approximate surface area is 63.0 Å². The Kier molecular flexibility index (Phi) is 2.06. The van der Waals surface area contributed by atoms with Gasteiger partial charge < -0.3 is 9.31 Å². The molecule has 0 spiro atoms. The molecule has 1 saturated heterocycles. The quantitative estimate of drug-likeness (QED) is 0.478. The van der Waals surface area contributed by atoms with E-state index in [-0.39, 0.29) is 18.6 Å². The van der Waals surface area contributed by atoms with Gasteiger partial charge in [-0.15, -0.1) is 0 Å². The van der Waals surface area contributed by atoms with Gasteiger partial charge in [-0.3, -0.25) is 0 Å². The van der Waals surface area contributed by atoms with Crippen LogP contribution in [0.5, 0.6) is 0 Å². The number of hydrogen-bond donors (Lipinski definition) is 0. The molecule has 3 heteroatoms.